The van der Waals surface area contributed by atoms with Gasteiger partial charge in [-0.05, 0) is 42.8 Å². The predicted octanol–water partition coefficient (Wildman–Crippen LogP) is 3.45. The zero-order valence-electron chi connectivity index (χ0n) is 18.4. The van der Waals surface area contributed by atoms with Crippen LogP contribution in [0.5, 0.6) is 0 Å². The Morgan fingerprint density at radius 3 is 2.42 bits per heavy atom. The van der Waals surface area contributed by atoms with Crippen molar-refractivity contribution in [3.05, 3.63) is 65.7 Å². The number of hydrogen-bond donors (Lipinski definition) is 2. The predicted molar refractivity (Wildman–Crippen MR) is 134 cm³/mol. The van der Waals surface area contributed by atoms with Crippen LogP contribution in [0.15, 0.2) is 59.5 Å². The van der Waals surface area contributed by atoms with Crippen LogP contribution in [0.4, 0.5) is 11.4 Å². The molecule has 2 aliphatic rings. The van der Waals surface area contributed by atoms with Crippen molar-refractivity contribution in [3.63, 3.8) is 0 Å². The summed E-state index contributed by atoms with van der Waals surface area (Å²) in [4.78, 5) is 14.8. The lowest BCUT2D eigenvalue weighted by Gasteiger charge is -2.27. The van der Waals surface area contributed by atoms with Crippen molar-refractivity contribution in [3.8, 4) is 0 Å². The van der Waals surface area contributed by atoms with Gasteiger partial charge in [0.05, 0.1) is 4.90 Å². The summed E-state index contributed by atoms with van der Waals surface area (Å²) < 4.78 is 27.3. The molecule has 3 aromatic rings. The number of anilines is 2. The highest BCUT2D eigenvalue weighted by Crippen LogP contribution is 2.38. The molecule has 7 nitrogen and oxygen atoms in total. The fourth-order valence-electron chi connectivity index (χ4n) is 4.54. The van der Waals surface area contributed by atoms with Crippen molar-refractivity contribution in [1.82, 2.24) is 9.62 Å². The van der Waals surface area contributed by atoms with Gasteiger partial charge in [0.1, 0.15) is 0 Å². The molecule has 33 heavy (non-hydrogen) atoms. The fourth-order valence-corrected chi connectivity index (χ4v) is 5.98. The van der Waals surface area contributed by atoms with E-state index in [2.05, 4.69) is 22.5 Å². The molecule has 0 bridgehead atoms. The van der Waals surface area contributed by atoms with E-state index in [-0.39, 0.29) is 18.3 Å². The summed E-state index contributed by atoms with van der Waals surface area (Å²) in [5.74, 6) is -0.0629. The van der Waals surface area contributed by atoms with E-state index in [9.17, 15) is 13.2 Å². The van der Waals surface area contributed by atoms with Gasteiger partial charge in [-0.2, -0.15) is 4.31 Å². The standard InChI is InChI=1S/C24H26N4O3S.ClH/c1-2-27(22-11-10-21-23-19(22)4-3-5-20(23)24(29)26-21)16-17-6-8-18(9-7-17)32(30,31)28-14-12-25-13-15-28;/h3-11,25H,2,12-16H2,1H3,(H,26,29);1H. The summed E-state index contributed by atoms with van der Waals surface area (Å²) in [5, 5.41) is 8.12. The van der Waals surface area contributed by atoms with Gasteiger partial charge in [0.2, 0.25) is 10.0 Å². The minimum atomic E-state index is -3.46. The average Bonchev–Trinajstić information content (AvgIpc) is 3.16. The lowest BCUT2D eigenvalue weighted by atomic mass is 10.0. The molecule has 2 aliphatic heterocycles. The Labute approximate surface area is 200 Å². The molecule has 1 fully saturated rings. The van der Waals surface area contributed by atoms with Gasteiger partial charge in [0.25, 0.3) is 5.91 Å². The van der Waals surface area contributed by atoms with Gasteiger partial charge in [-0.15, -0.1) is 12.4 Å². The SMILES string of the molecule is CCN(Cc1ccc(S(=O)(=O)N2CCNCC2)cc1)c1ccc2c3c(cccc13)C(=O)N2.Cl. The van der Waals surface area contributed by atoms with E-state index in [1.54, 1.807) is 16.4 Å². The van der Waals surface area contributed by atoms with E-state index >= 15 is 0 Å². The van der Waals surface area contributed by atoms with Crippen LogP contribution in [0.25, 0.3) is 10.8 Å². The van der Waals surface area contributed by atoms with Crippen LogP contribution in [0, 0.1) is 0 Å². The number of carbonyl (C=O) groups excluding carboxylic acids is 1. The van der Waals surface area contributed by atoms with Crippen molar-refractivity contribution in [2.75, 3.05) is 42.9 Å². The zero-order chi connectivity index (χ0) is 22.3. The highest BCUT2D eigenvalue weighted by atomic mass is 35.5. The summed E-state index contributed by atoms with van der Waals surface area (Å²) in [6, 6.07) is 17.0. The van der Waals surface area contributed by atoms with Crippen LogP contribution < -0.4 is 15.5 Å². The largest absolute Gasteiger partial charge is 0.367 e. The van der Waals surface area contributed by atoms with E-state index in [4.69, 9.17) is 0 Å². The maximum absolute atomic E-state index is 12.9. The molecular weight excluding hydrogens is 460 g/mol. The van der Waals surface area contributed by atoms with Gasteiger partial charge < -0.3 is 15.5 Å². The molecule has 174 valence electrons. The monoisotopic (exact) mass is 486 g/mol. The second-order valence-electron chi connectivity index (χ2n) is 8.13. The van der Waals surface area contributed by atoms with E-state index in [1.165, 1.54) is 0 Å². The third-order valence-electron chi connectivity index (χ3n) is 6.24. The van der Waals surface area contributed by atoms with Crippen molar-refractivity contribution < 1.29 is 13.2 Å². The molecule has 0 aromatic heterocycles. The number of hydrogen-bond acceptors (Lipinski definition) is 5. The Hall–Kier alpha value is -2.65. The smallest absolute Gasteiger partial charge is 0.256 e. The Morgan fingerprint density at radius 1 is 1.00 bits per heavy atom. The first-order valence-electron chi connectivity index (χ1n) is 10.9. The van der Waals surface area contributed by atoms with E-state index in [0.29, 0.717) is 43.2 Å². The van der Waals surface area contributed by atoms with Gasteiger partial charge in [0.15, 0.2) is 0 Å². The first-order chi connectivity index (χ1) is 15.5. The number of nitrogens with one attached hydrogen (secondary N) is 2. The normalized spacial score (nSPS) is 15.8. The molecular formula is C24H27ClN4O3S. The second-order valence-corrected chi connectivity index (χ2v) is 10.1. The molecule has 0 unspecified atom stereocenters. The minimum absolute atomic E-state index is 0. The van der Waals surface area contributed by atoms with E-state index in [1.807, 2.05) is 42.5 Å². The molecule has 1 saturated heterocycles. The minimum Gasteiger partial charge on any atom is -0.367 e. The molecule has 0 spiro atoms. The molecule has 3 aromatic carbocycles. The Kier molecular flexibility index (Phi) is 6.63. The van der Waals surface area contributed by atoms with Crippen molar-refractivity contribution in [2.45, 2.75) is 18.4 Å². The quantitative estimate of drug-likeness (QED) is 0.557. The van der Waals surface area contributed by atoms with Crippen molar-refractivity contribution in [1.29, 1.82) is 0 Å². The van der Waals surface area contributed by atoms with Gasteiger partial charge in [-0.25, -0.2) is 8.42 Å². The Bertz CT molecular complexity index is 1290. The van der Waals surface area contributed by atoms with E-state index in [0.717, 1.165) is 34.3 Å². The molecule has 0 atom stereocenters. The van der Waals surface area contributed by atoms with Crippen LogP contribution in [0.1, 0.15) is 22.8 Å². The number of sulfonamides is 1. The third kappa shape index (κ3) is 4.19. The average molecular weight is 487 g/mol. The van der Waals surface area contributed by atoms with Gasteiger partial charge in [0, 0.05) is 67.0 Å². The highest BCUT2D eigenvalue weighted by molar-refractivity contribution is 7.89. The number of benzene rings is 3. The van der Waals surface area contributed by atoms with Crippen LogP contribution in [-0.4, -0.2) is 51.4 Å². The van der Waals surface area contributed by atoms with Crippen LogP contribution >= 0.6 is 12.4 Å². The van der Waals surface area contributed by atoms with Crippen LogP contribution in [0.3, 0.4) is 0 Å². The zero-order valence-corrected chi connectivity index (χ0v) is 20.0. The summed E-state index contributed by atoms with van der Waals surface area (Å²) in [6.45, 7) is 5.87. The first kappa shape index (κ1) is 23.5. The molecule has 5 rings (SSSR count). The first-order valence-corrected chi connectivity index (χ1v) is 12.3. The van der Waals surface area contributed by atoms with Crippen molar-refractivity contribution >= 4 is 50.5 Å². The number of piperazine rings is 1. The second kappa shape index (κ2) is 9.30. The number of carbonyl (C=O) groups is 1. The van der Waals surface area contributed by atoms with Gasteiger partial charge >= 0.3 is 0 Å². The number of amides is 1. The third-order valence-corrected chi connectivity index (χ3v) is 8.16. The van der Waals surface area contributed by atoms with Crippen LogP contribution in [0.2, 0.25) is 0 Å². The lowest BCUT2D eigenvalue weighted by molar-refractivity contribution is 0.103. The van der Waals surface area contributed by atoms with Gasteiger partial charge in [-0.1, -0.05) is 24.3 Å². The van der Waals surface area contributed by atoms with E-state index < -0.39 is 10.0 Å². The molecule has 1 amide bonds. The van der Waals surface area contributed by atoms with Crippen molar-refractivity contribution in [2.24, 2.45) is 0 Å². The number of nitrogens with zero attached hydrogens (tertiary/aromatic N) is 2. The molecule has 9 heteroatoms. The molecule has 0 saturated carbocycles. The van der Waals surface area contributed by atoms with Gasteiger partial charge in [-0.3, -0.25) is 4.79 Å². The van der Waals surface area contributed by atoms with Crippen LogP contribution in [-0.2, 0) is 16.6 Å². The summed E-state index contributed by atoms with van der Waals surface area (Å²) in [5.41, 5.74) is 3.64. The maximum Gasteiger partial charge on any atom is 0.256 e. The molecule has 2 heterocycles. The number of rotatable bonds is 6. The highest BCUT2D eigenvalue weighted by Gasteiger charge is 2.26. The summed E-state index contributed by atoms with van der Waals surface area (Å²) >= 11 is 0. The molecule has 0 aliphatic carbocycles. The Morgan fingerprint density at radius 2 is 1.73 bits per heavy atom. The summed E-state index contributed by atoms with van der Waals surface area (Å²) in [6.07, 6.45) is 0. The fraction of sp³-hybridized carbons (Fsp3) is 0.292. The summed E-state index contributed by atoms with van der Waals surface area (Å²) in [7, 11) is -3.46. The Balaban J connectivity index is 0.00000259. The topological polar surface area (TPSA) is 81.8 Å². The number of halogens is 1. The molecule has 2 N–H and O–H groups in total. The maximum atomic E-state index is 12.9. The molecule has 0 radical (unpaired) electrons. The lowest BCUT2D eigenvalue weighted by Crippen LogP contribution is -2.46.